The molecular formula is C28H26N4O3. The average molecular weight is 467 g/mol. The quantitative estimate of drug-likeness (QED) is 0.386. The Hall–Kier alpha value is -4.39. The second-order valence-electron chi connectivity index (χ2n) is 8.63. The van der Waals surface area contributed by atoms with Gasteiger partial charge in [0.1, 0.15) is 5.75 Å². The van der Waals surface area contributed by atoms with Gasteiger partial charge in [-0.25, -0.2) is 4.79 Å². The number of aromatic nitrogens is 2. The first-order valence-electron chi connectivity index (χ1n) is 11.4. The minimum atomic E-state index is -0.496. The van der Waals surface area contributed by atoms with Crippen LogP contribution in [-0.4, -0.2) is 23.3 Å². The van der Waals surface area contributed by atoms with Crippen molar-refractivity contribution in [3.63, 3.8) is 0 Å². The van der Waals surface area contributed by atoms with Gasteiger partial charge < -0.3 is 14.6 Å². The van der Waals surface area contributed by atoms with Crippen molar-refractivity contribution in [1.29, 1.82) is 0 Å². The molecule has 4 aromatic rings. The van der Waals surface area contributed by atoms with E-state index < -0.39 is 6.04 Å². The average Bonchev–Trinajstić information content (AvgIpc) is 3.33. The molecule has 7 nitrogen and oxygen atoms in total. The standard InChI is InChI=1S/C28H26N4O3/c1-17-8-5-11-21(14-17)26-30-27(35-31-26)24-19(3)32(22-12-6-9-18(2)15-22)28(33)29-25(24)20-10-7-13-23(16-20)34-4/h5-16,25H,1-4H3,(H,29,33). The van der Waals surface area contributed by atoms with Crippen molar-refractivity contribution in [1.82, 2.24) is 15.5 Å². The Kier molecular flexibility index (Phi) is 5.82. The third-order valence-electron chi connectivity index (χ3n) is 6.10. The molecule has 3 aromatic carbocycles. The first-order valence-corrected chi connectivity index (χ1v) is 11.4. The highest BCUT2D eigenvalue weighted by atomic mass is 16.5. The summed E-state index contributed by atoms with van der Waals surface area (Å²) < 4.78 is 11.2. The van der Waals surface area contributed by atoms with Gasteiger partial charge in [0.25, 0.3) is 5.89 Å². The molecule has 1 aromatic heterocycles. The van der Waals surface area contributed by atoms with Crippen molar-refractivity contribution in [2.45, 2.75) is 26.8 Å². The molecule has 5 rings (SSSR count). The van der Waals surface area contributed by atoms with Gasteiger partial charge in [-0.05, 0) is 62.2 Å². The van der Waals surface area contributed by atoms with Crippen LogP contribution < -0.4 is 15.0 Å². The van der Waals surface area contributed by atoms with Gasteiger partial charge in [0, 0.05) is 11.3 Å². The van der Waals surface area contributed by atoms with Crippen molar-refractivity contribution in [2.75, 3.05) is 12.0 Å². The number of benzene rings is 3. The molecule has 0 saturated heterocycles. The fraction of sp³-hybridized carbons (Fsp3) is 0.179. The maximum atomic E-state index is 13.4. The van der Waals surface area contributed by atoms with Gasteiger partial charge in [-0.1, -0.05) is 53.2 Å². The number of aryl methyl sites for hydroxylation is 2. The number of carbonyl (C=O) groups excluding carboxylic acids is 1. The molecule has 2 heterocycles. The number of amides is 2. The molecule has 1 N–H and O–H groups in total. The zero-order valence-electron chi connectivity index (χ0n) is 20.1. The highest BCUT2D eigenvalue weighted by Gasteiger charge is 2.36. The monoisotopic (exact) mass is 466 g/mol. The van der Waals surface area contributed by atoms with Gasteiger partial charge in [-0.3, -0.25) is 4.90 Å². The van der Waals surface area contributed by atoms with E-state index in [4.69, 9.17) is 14.2 Å². The van der Waals surface area contributed by atoms with Crippen LogP contribution in [0.2, 0.25) is 0 Å². The fourth-order valence-electron chi connectivity index (χ4n) is 4.40. The Labute approximate surface area is 204 Å². The molecule has 0 radical (unpaired) electrons. The van der Waals surface area contributed by atoms with Crippen LogP contribution in [0.5, 0.6) is 5.75 Å². The van der Waals surface area contributed by atoms with Crippen LogP contribution in [0.3, 0.4) is 0 Å². The van der Waals surface area contributed by atoms with E-state index in [9.17, 15) is 4.79 Å². The Bertz CT molecular complexity index is 1440. The second-order valence-corrected chi connectivity index (χ2v) is 8.63. The van der Waals surface area contributed by atoms with Crippen LogP contribution in [-0.2, 0) is 0 Å². The number of hydrogen-bond acceptors (Lipinski definition) is 5. The number of rotatable bonds is 5. The molecule has 1 aliphatic heterocycles. The molecule has 176 valence electrons. The molecule has 0 aliphatic carbocycles. The molecule has 35 heavy (non-hydrogen) atoms. The van der Waals surface area contributed by atoms with E-state index in [0.717, 1.165) is 33.5 Å². The SMILES string of the molecule is COc1cccc(C2NC(=O)N(c3cccc(C)c3)C(C)=C2c2nc(-c3cccc(C)c3)no2)c1. The van der Waals surface area contributed by atoms with E-state index in [1.807, 2.05) is 93.6 Å². The van der Waals surface area contributed by atoms with Crippen molar-refractivity contribution in [3.8, 4) is 17.1 Å². The van der Waals surface area contributed by atoms with E-state index >= 15 is 0 Å². The maximum absolute atomic E-state index is 13.4. The van der Waals surface area contributed by atoms with Gasteiger partial charge in [0.15, 0.2) is 0 Å². The fourth-order valence-corrected chi connectivity index (χ4v) is 4.40. The van der Waals surface area contributed by atoms with Gasteiger partial charge in [-0.15, -0.1) is 0 Å². The first-order chi connectivity index (χ1) is 16.9. The Morgan fingerprint density at radius 3 is 2.43 bits per heavy atom. The van der Waals surface area contributed by atoms with Crippen molar-refractivity contribution in [3.05, 3.63) is 101 Å². The summed E-state index contributed by atoms with van der Waals surface area (Å²) in [4.78, 5) is 19.8. The molecular weight excluding hydrogens is 440 g/mol. The lowest BCUT2D eigenvalue weighted by Crippen LogP contribution is -2.46. The lowest BCUT2D eigenvalue weighted by atomic mass is 9.94. The van der Waals surface area contributed by atoms with E-state index in [0.29, 0.717) is 23.2 Å². The van der Waals surface area contributed by atoms with E-state index in [2.05, 4.69) is 10.5 Å². The van der Waals surface area contributed by atoms with Gasteiger partial charge in [0.05, 0.1) is 24.4 Å². The Morgan fingerprint density at radius 1 is 0.943 bits per heavy atom. The number of nitrogens with one attached hydrogen (secondary N) is 1. The van der Waals surface area contributed by atoms with Gasteiger partial charge >= 0.3 is 6.03 Å². The van der Waals surface area contributed by atoms with Gasteiger partial charge in [0.2, 0.25) is 5.82 Å². The summed E-state index contributed by atoms with van der Waals surface area (Å²) in [7, 11) is 1.62. The predicted octanol–water partition coefficient (Wildman–Crippen LogP) is 6.06. The zero-order valence-corrected chi connectivity index (χ0v) is 20.1. The summed E-state index contributed by atoms with van der Waals surface area (Å²) in [6, 6.07) is 22.6. The number of urea groups is 1. The van der Waals surface area contributed by atoms with Crippen LogP contribution in [0.15, 0.2) is 83.0 Å². The van der Waals surface area contributed by atoms with Crippen molar-refractivity contribution >= 4 is 17.3 Å². The summed E-state index contributed by atoms with van der Waals surface area (Å²) in [6.45, 7) is 5.92. The van der Waals surface area contributed by atoms with Crippen LogP contribution in [0.25, 0.3) is 17.0 Å². The third-order valence-corrected chi connectivity index (χ3v) is 6.10. The number of methoxy groups -OCH3 is 1. The number of anilines is 1. The summed E-state index contributed by atoms with van der Waals surface area (Å²) in [6.07, 6.45) is 0. The zero-order chi connectivity index (χ0) is 24.5. The molecule has 1 aliphatic rings. The third kappa shape index (κ3) is 4.28. The lowest BCUT2D eigenvalue weighted by Gasteiger charge is -2.35. The molecule has 1 atom stereocenters. The molecule has 0 saturated carbocycles. The van der Waals surface area contributed by atoms with E-state index in [1.54, 1.807) is 12.0 Å². The number of ether oxygens (including phenoxy) is 1. The van der Waals surface area contributed by atoms with Crippen LogP contribution in [0, 0.1) is 13.8 Å². The smallest absolute Gasteiger partial charge is 0.326 e. The second kappa shape index (κ2) is 9.10. The minimum absolute atomic E-state index is 0.233. The number of nitrogens with zero attached hydrogens (tertiary/aromatic N) is 3. The summed E-state index contributed by atoms with van der Waals surface area (Å²) >= 11 is 0. The Morgan fingerprint density at radius 2 is 1.69 bits per heavy atom. The van der Waals surface area contributed by atoms with Crippen LogP contribution in [0.1, 0.15) is 35.5 Å². The number of allylic oxidation sites excluding steroid dienone is 1. The van der Waals surface area contributed by atoms with Crippen LogP contribution >= 0.6 is 0 Å². The molecule has 1 unspecified atom stereocenters. The molecule has 2 amide bonds. The number of carbonyl (C=O) groups is 1. The summed E-state index contributed by atoms with van der Waals surface area (Å²) in [5.41, 5.74) is 6.09. The van der Waals surface area contributed by atoms with Crippen molar-refractivity contribution < 1.29 is 14.1 Å². The Balaban J connectivity index is 1.67. The topological polar surface area (TPSA) is 80.5 Å². The predicted molar refractivity (Wildman–Crippen MR) is 135 cm³/mol. The summed E-state index contributed by atoms with van der Waals surface area (Å²) in [5, 5.41) is 7.39. The molecule has 7 heteroatoms. The largest absolute Gasteiger partial charge is 0.497 e. The molecule has 0 bridgehead atoms. The lowest BCUT2D eigenvalue weighted by molar-refractivity contribution is 0.244. The summed E-state index contributed by atoms with van der Waals surface area (Å²) in [5.74, 6) is 1.54. The highest BCUT2D eigenvalue weighted by Crippen LogP contribution is 2.39. The first kappa shape index (κ1) is 22.4. The van der Waals surface area contributed by atoms with Crippen LogP contribution in [0.4, 0.5) is 10.5 Å². The normalized spacial score (nSPS) is 15.8. The van der Waals surface area contributed by atoms with Crippen molar-refractivity contribution in [2.24, 2.45) is 0 Å². The number of hydrogen-bond donors (Lipinski definition) is 1. The van der Waals surface area contributed by atoms with E-state index in [1.165, 1.54) is 0 Å². The minimum Gasteiger partial charge on any atom is -0.497 e. The van der Waals surface area contributed by atoms with E-state index in [-0.39, 0.29) is 6.03 Å². The molecule has 0 fully saturated rings. The van der Waals surface area contributed by atoms with Gasteiger partial charge in [-0.2, -0.15) is 4.98 Å². The highest BCUT2D eigenvalue weighted by molar-refractivity contribution is 6.01. The maximum Gasteiger partial charge on any atom is 0.326 e. The molecule has 0 spiro atoms.